The minimum atomic E-state index is -3.92. The summed E-state index contributed by atoms with van der Waals surface area (Å²) in [7, 11) is 1.29. The van der Waals surface area contributed by atoms with Crippen LogP contribution in [0.3, 0.4) is 0 Å². The number of aliphatic hydroxyl groups is 1. The molecule has 1 rings (SSSR count). The summed E-state index contributed by atoms with van der Waals surface area (Å²) >= 11 is 0. The lowest BCUT2D eigenvalue weighted by Crippen LogP contribution is -2.49. The van der Waals surface area contributed by atoms with Gasteiger partial charge >= 0.3 is 5.97 Å². The van der Waals surface area contributed by atoms with Crippen molar-refractivity contribution in [2.45, 2.75) is 12.1 Å². The summed E-state index contributed by atoms with van der Waals surface area (Å²) in [6, 6.07) is 4.78. The molecule has 8 nitrogen and oxygen atoms in total. The van der Waals surface area contributed by atoms with Gasteiger partial charge in [-0.3, -0.25) is 4.79 Å². The average molecular weight is 332 g/mol. The SMILES string of the molecule is COC(=O)C(NS(=O)(=O)N(C)C)C(O)c1ccc(OC)cc1. The Balaban J connectivity index is 3.07. The highest BCUT2D eigenvalue weighted by Gasteiger charge is 2.33. The van der Waals surface area contributed by atoms with Crippen LogP contribution in [0, 0.1) is 0 Å². The lowest BCUT2D eigenvalue weighted by molar-refractivity contribution is -0.145. The maximum absolute atomic E-state index is 11.9. The minimum absolute atomic E-state index is 0.345. The van der Waals surface area contributed by atoms with Gasteiger partial charge in [0.25, 0.3) is 10.2 Å². The molecule has 124 valence electrons. The van der Waals surface area contributed by atoms with E-state index < -0.39 is 28.3 Å². The summed E-state index contributed by atoms with van der Waals surface area (Å²) < 4.78 is 36.3. The van der Waals surface area contributed by atoms with Crippen molar-refractivity contribution in [3.05, 3.63) is 29.8 Å². The number of benzene rings is 1. The number of nitrogens with zero attached hydrogens (tertiary/aromatic N) is 1. The predicted molar refractivity (Wildman–Crippen MR) is 79.5 cm³/mol. The van der Waals surface area contributed by atoms with Gasteiger partial charge in [0.05, 0.1) is 14.2 Å². The van der Waals surface area contributed by atoms with Gasteiger partial charge in [0.1, 0.15) is 11.9 Å². The van der Waals surface area contributed by atoms with E-state index in [-0.39, 0.29) is 0 Å². The highest BCUT2D eigenvalue weighted by molar-refractivity contribution is 7.87. The van der Waals surface area contributed by atoms with Crippen LogP contribution in [0.1, 0.15) is 11.7 Å². The van der Waals surface area contributed by atoms with Crippen LogP contribution in [0.15, 0.2) is 24.3 Å². The number of hydrogen-bond donors (Lipinski definition) is 2. The number of hydrogen-bond acceptors (Lipinski definition) is 6. The molecule has 0 saturated carbocycles. The highest BCUT2D eigenvalue weighted by atomic mass is 32.2. The molecule has 0 radical (unpaired) electrons. The molecule has 0 aromatic heterocycles. The predicted octanol–water partition coefficient (Wildman–Crippen LogP) is -0.334. The van der Waals surface area contributed by atoms with E-state index in [2.05, 4.69) is 9.46 Å². The maximum Gasteiger partial charge on any atom is 0.327 e. The molecule has 0 aliphatic heterocycles. The van der Waals surface area contributed by atoms with Crippen molar-refractivity contribution in [1.82, 2.24) is 9.03 Å². The Kier molecular flexibility index (Phi) is 6.30. The van der Waals surface area contributed by atoms with Gasteiger partial charge in [0, 0.05) is 14.1 Å². The maximum atomic E-state index is 11.9. The Hall–Kier alpha value is -1.68. The zero-order chi connectivity index (χ0) is 16.9. The van der Waals surface area contributed by atoms with E-state index >= 15 is 0 Å². The first-order valence-electron chi connectivity index (χ1n) is 6.32. The third-order valence-corrected chi connectivity index (χ3v) is 4.50. The smallest absolute Gasteiger partial charge is 0.327 e. The molecule has 0 spiro atoms. The van der Waals surface area contributed by atoms with Gasteiger partial charge in [-0.1, -0.05) is 12.1 Å². The molecule has 0 bridgehead atoms. The van der Waals surface area contributed by atoms with Gasteiger partial charge in [0.2, 0.25) is 0 Å². The van der Waals surface area contributed by atoms with Crippen molar-refractivity contribution in [3.8, 4) is 5.75 Å². The van der Waals surface area contributed by atoms with Gasteiger partial charge in [-0.25, -0.2) is 0 Å². The van der Waals surface area contributed by atoms with Crippen LogP contribution in [-0.4, -0.2) is 58.2 Å². The second kappa shape index (κ2) is 7.54. The van der Waals surface area contributed by atoms with Crippen molar-refractivity contribution >= 4 is 16.2 Å². The van der Waals surface area contributed by atoms with E-state index in [4.69, 9.17) is 4.74 Å². The molecule has 0 amide bonds. The number of methoxy groups -OCH3 is 2. The van der Waals surface area contributed by atoms with E-state index in [1.54, 1.807) is 12.1 Å². The first-order valence-corrected chi connectivity index (χ1v) is 7.76. The van der Waals surface area contributed by atoms with E-state index in [1.807, 2.05) is 0 Å². The van der Waals surface area contributed by atoms with Gasteiger partial charge < -0.3 is 14.6 Å². The number of nitrogens with one attached hydrogen (secondary N) is 1. The molecule has 2 atom stereocenters. The van der Waals surface area contributed by atoms with Gasteiger partial charge in [-0.05, 0) is 17.7 Å². The average Bonchev–Trinajstić information content (AvgIpc) is 2.51. The monoisotopic (exact) mass is 332 g/mol. The normalized spacial score (nSPS) is 14.5. The third kappa shape index (κ3) is 4.41. The van der Waals surface area contributed by atoms with Crippen LogP contribution < -0.4 is 9.46 Å². The highest BCUT2D eigenvalue weighted by Crippen LogP contribution is 2.21. The topological polar surface area (TPSA) is 105 Å². The van der Waals surface area contributed by atoms with Crippen LogP contribution in [0.25, 0.3) is 0 Å². The van der Waals surface area contributed by atoms with E-state index in [0.29, 0.717) is 11.3 Å². The second-order valence-corrected chi connectivity index (χ2v) is 6.54. The molecule has 0 aliphatic carbocycles. The standard InChI is InChI=1S/C13H20N2O6S/c1-15(2)22(18,19)14-11(13(17)21-4)12(16)9-5-7-10(20-3)8-6-9/h5-8,11-12,14,16H,1-4H3. The van der Waals surface area contributed by atoms with Crippen LogP contribution >= 0.6 is 0 Å². The summed E-state index contributed by atoms with van der Waals surface area (Å²) in [6.45, 7) is 0. The molecular weight excluding hydrogens is 312 g/mol. The Morgan fingerprint density at radius 1 is 1.23 bits per heavy atom. The number of carbonyl (C=O) groups is 1. The Morgan fingerprint density at radius 3 is 2.18 bits per heavy atom. The van der Waals surface area contributed by atoms with Crippen molar-refractivity contribution in [3.63, 3.8) is 0 Å². The summed E-state index contributed by atoms with van der Waals surface area (Å²) in [5.41, 5.74) is 0.345. The fourth-order valence-corrected chi connectivity index (χ4v) is 2.38. The van der Waals surface area contributed by atoms with Crippen LogP contribution in [0.5, 0.6) is 5.75 Å². The Labute approximate surface area is 129 Å². The van der Waals surface area contributed by atoms with Crippen LogP contribution in [0.4, 0.5) is 0 Å². The second-order valence-electron chi connectivity index (χ2n) is 4.62. The van der Waals surface area contributed by atoms with E-state index in [1.165, 1.54) is 33.3 Å². The lowest BCUT2D eigenvalue weighted by atomic mass is 10.0. The molecule has 0 heterocycles. The molecule has 1 aromatic carbocycles. The first-order chi connectivity index (χ1) is 10.2. The summed E-state index contributed by atoms with van der Waals surface area (Å²) in [5.74, 6) is -0.326. The number of carbonyl (C=O) groups excluding carboxylic acids is 1. The van der Waals surface area contributed by atoms with Crippen molar-refractivity contribution in [1.29, 1.82) is 0 Å². The quantitative estimate of drug-likeness (QED) is 0.662. The van der Waals surface area contributed by atoms with Gasteiger partial charge in [-0.15, -0.1) is 0 Å². The zero-order valence-corrected chi connectivity index (χ0v) is 13.6. The summed E-state index contributed by atoms with van der Waals surface area (Å²) in [4.78, 5) is 11.8. The lowest BCUT2D eigenvalue weighted by Gasteiger charge is -2.24. The third-order valence-electron chi connectivity index (χ3n) is 2.98. The number of esters is 1. The minimum Gasteiger partial charge on any atom is -0.497 e. The number of aliphatic hydroxyl groups excluding tert-OH is 1. The number of rotatable bonds is 7. The molecule has 22 heavy (non-hydrogen) atoms. The van der Waals surface area contributed by atoms with Crippen molar-refractivity contribution < 1.29 is 27.8 Å². The van der Waals surface area contributed by atoms with Crippen molar-refractivity contribution in [2.24, 2.45) is 0 Å². The van der Waals surface area contributed by atoms with Crippen LogP contribution in [-0.2, 0) is 19.7 Å². The fourth-order valence-electron chi connectivity index (χ4n) is 1.63. The molecule has 9 heteroatoms. The zero-order valence-electron chi connectivity index (χ0n) is 12.8. The Morgan fingerprint density at radius 2 is 1.77 bits per heavy atom. The summed E-state index contributed by atoms with van der Waals surface area (Å²) in [5, 5.41) is 10.3. The van der Waals surface area contributed by atoms with Gasteiger partial charge in [0.15, 0.2) is 6.04 Å². The largest absolute Gasteiger partial charge is 0.497 e. The molecule has 0 fully saturated rings. The molecule has 0 saturated heterocycles. The molecule has 2 N–H and O–H groups in total. The van der Waals surface area contributed by atoms with E-state index in [9.17, 15) is 18.3 Å². The molecular formula is C13H20N2O6S. The van der Waals surface area contributed by atoms with Gasteiger partial charge in [-0.2, -0.15) is 17.4 Å². The van der Waals surface area contributed by atoms with Crippen LogP contribution in [0.2, 0.25) is 0 Å². The Bertz CT molecular complexity index is 599. The first kappa shape index (κ1) is 18.4. The summed E-state index contributed by atoms with van der Waals surface area (Å²) in [6.07, 6.45) is -1.41. The number of ether oxygens (including phenoxy) is 2. The van der Waals surface area contributed by atoms with Crippen molar-refractivity contribution in [2.75, 3.05) is 28.3 Å². The molecule has 2 unspecified atom stereocenters. The molecule has 1 aromatic rings. The fraction of sp³-hybridized carbons (Fsp3) is 0.462. The van der Waals surface area contributed by atoms with E-state index in [0.717, 1.165) is 11.4 Å². The molecule has 0 aliphatic rings.